The fourth-order valence-electron chi connectivity index (χ4n) is 2.07. The van der Waals surface area contributed by atoms with Crippen LogP contribution in [0.15, 0.2) is 35.7 Å². The molecule has 26 heavy (non-hydrogen) atoms. The fourth-order valence-corrected chi connectivity index (χ4v) is 3.23. The Morgan fingerprint density at radius 3 is 2.58 bits per heavy atom. The van der Waals surface area contributed by atoms with Crippen LogP contribution in [0.5, 0.6) is 0 Å². The first-order valence-electron chi connectivity index (χ1n) is 7.36. The van der Waals surface area contributed by atoms with E-state index in [1.54, 1.807) is 33.4 Å². The lowest BCUT2D eigenvalue weighted by Gasteiger charge is -2.06. The van der Waals surface area contributed by atoms with Crippen molar-refractivity contribution in [2.24, 2.45) is 7.05 Å². The SMILES string of the molecule is Cn1c(Cn2cnc(Cl)c2Cl)nnc1SCC(=O)Nc1ccc(Cl)cc1. The normalized spacial score (nSPS) is 10.9. The first-order chi connectivity index (χ1) is 12.4. The van der Waals surface area contributed by atoms with Crippen LogP contribution in [0.2, 0.25) is 15.3 Å². The minimum absolute atomic E-state index is 0.147. The van der Waals surface area contributed by atoms with Crippen LogP contribution in [-0.4, -0.2) is 36.0 Å². The summed E-state index contributed by atoms with van der Waals surface area (Å²) >= 11 is 19.0. The van der Waals surface area contributed by atoms with Crippen LogP contribution < -0.4 is 5.32 Å². The van der Waals surface area contributed by atoms with Crippen molar-refractivity contribution in [3.05, 3.63) is 51.7 Å². The van der Waals surface area contributed by atoms with Crippen molar-refractivity contribution in [3.8, 4) is 0 Å². The number of imidazole rings is 1. The van der Waals surface area contributed by atoms with E-state index in [0.717, 1.165) is 0 Å². The topological polar surface area (TPSA) is 77.6 Å². The number of aromatic nitrogens is 5. The molecule has 0 bridgehead atoms. The molecule has 0 aliphatic rings. The Hall–Kier alpha value is -1.74. The lowest BCUT2D eigenvalue weighted by Crippen LogP contribution is -2.14. The average molecular weight is 432 g/mol. The summed E-state index contributed by atoms with van der Waals surface area (Å²) in [5, 5.41) is 12.8. The van der Waals surface area contributed by atoms with Crippen LogP contribution in [0, 0.1) is 0 Å². The molecule has 3 rings (SSSR count). The zero-order valence-corrected chi connectivity index (χ0v) is 16.6. The number of hydrogen-bond acceptors (Lipinski definition) is 5. The monoisotopic (exact) mass is 430 g/mol. The molecule has 1 aromatic carbocycles. The van der Waals surface area contributed by atoms with Crippen molar-refractivity contribution in [3.63, 3.8) is 0 Å². The molecule has 0 unspecified atom stereocenters. The fraction of sp³-hybridized carbons (Fsp3) is 0.200. The molecule has 0 fully saturated rings. The first kappa shape index (κ1) is 19.0. The smallest absolute Gasteiger partial charge is 0.234 e. The maximum Gasteiger partial charge on any atom is 0.234 e. The molecule has 136 valence electrons. The molecule has 7 nitrogen and oxygen atoms in total. The second kappa shape index (κ2) is 8.30. The van der Waals surface area contributed by atoms with Crippen LogP contribution in [0.4, 0.5) is 5.69 Å². The van der Waals surface area contributed by atoms with Crippen molar-refractivity contribution in [1.82, 2.24) is 24.3 Å². The average Bonchev–Trinajstić information content (AvgIpc) is 3.13. The number of rotatable bonds is 6. The van der Waals surface area contributed by atoms with Crippen molar-refractivity contribution in [2.75, 3.05) is 11.1 Å². The van der Waals surface area contributed by atoms with Gasteiger partial charge in [-0.2, -0.15) is 0 Å². The molecular formula is C15H13Cl3N6OS. The second-order valence-corrected chi connectivity index (χ2v) is 7.35. The largest absolute Gasteiger partial charge is 0.325 e. The number of halogens is 3. The lowest BCUT2D eigenvalue weighted by molar-refractivity contribution is -0.113. The molecule has 0 radical (unpaired) electrons. The number of carbonyl (C=O) groups is 1. The van der Waals surface area contributed by atoms with Gasteiger partial charge >= 0.3 is 0 Å². The molecule has 0 aliphatic carbocycles. The molecule has 0 saturated carbocycles. The van der Waals surface area contributed by atoms with E-state index in [1.807, 2.05) is 7.05 Å². The van der Waals surface area contributed by atoms with Gasteiger partial charge in [0.05, 0.1) is 18.6 Å². The highest BCUT2D eigenvalue weighted by molar-refractivity contribution is 7.99. The highest BCUT2D eigenvalue weighted by Gasteiger charge is 2.14. The van der Waals surface area contributed by atoms with E-state index in [-0.39, 0.29) is 16.8 Å². The van der Waals surface area contributed by atoms with Gasteiger partial charge in [-0.3, -0.25) is 4.79 Å². The minimum atomic E-state index is -0.147. The molecule has 1 amide bonds. The van der Waals surface area contributed by atoms with Gasteiger partial charge in [0.15, 0.2) is 16.1 Å². The number of nitrogens with zero attached hydrogens (tertiary/aromatic N) is 5. The van der Waals surface area contributed by atoms with E-state index in [1.165, 1.54) is 18.1 Å². The lowest BCUT2D eigenvalue weighted by atomic mass is 10.3. The summed E-state index contributed by atoms with van der Waals surface area (Å²) in [4.78, 5) is 16.0. The van der Waals surface area contributed by atoms with Crippen molar-refractivity contribution < 1.29 is 4.79 Å². The molecule has 1 N–H and O–H groups in total. The van der Waals surface area contributed by atoms with E-state index in [4.69, 9.17) is 34.8 Å². The summed E-state index contributed by atoms with van der Waals surface area (Å²) in [5.74, 6) is 0.722. The summed E-state index contributed by atoms with van der Waals surface area (Å²) in [6.07, 6.45) is 1.53. The van der Waals surface area contributed by atoms with Crippen LogP contribution in [0.3, 0.4) is 0 Å². The molecule has 11 heteroatoms. The molecule has 2 aromatic heterocycles. The van der Waals surface area contributed by atoms with Crippen LogP contribution in [0.1, 0.15) is 5.82 Å². The zero-order valence-electron chi connectivity index (χ0n) is 13.5. The number of amides is 1. The summed E-state index contributed by atoms with van der Waals surface area (Å²) in [6, 6.07) is 6.91. The van der Waals surface area contributed by atoms with Gasteiger partial charge in [-0.05, 0) is 24.3 Å². The highest BCUT2D eigenvalue weighted by atomic mass is 35.5. The molecule has 2 heterocycles. The Bertz CT molecular complexity index is 924. The Kier molecular flexibility index (Phi) is 6.08. The van der Waals surface area contributed by atoms with Gasteiger partial charge in [0.25, 0.3) is 0 Å². The van der Waals surface area contributed by atoms with E-state index >= 15 is 0 Å². The van der Waals surface area contributed by atoms with Crippen molar-refractivity contribution in [1.29, 1.82) is 0 Å². The molecule has 0 atom stereocenters. The van der Waals surface area contributed by atoms with Gasteiger partial charge < -0.3 is 14.5 Å². The maximum absolute atomic E-state index is 12.1. The highest BCUT2D eigenvalue weighted by Crippen LogP contribution is 2.22. The minimum Gasteiger partial charge on any atom is -0.325 e. The number of thioether (sulfide) groups is 1. The van der Waals surface area contributed by atoms with Gasteiger partial charge in [-0.15, -0.1) is 10.2 Å². The molecule has 0 aliphatic heterocycles. The third kappa shape index (κ3) is 4.50. The number of hydrogen-bond donors (Lipinski definition) is 1. The Labute approximate surface area is 168 Å². The molecular weight excluding hydrogens is 419 g/mol. The zero-order chi connectivity index (χ0) is 18.7. The Balaban J connectivity index is 1.58. The van der Waals surface area contributed by atoms with Crippen LogP contribution in [-0.2, 0) is 18.4 Å². The van der Waals surface area contributed by atoms with E-state index in [0.29, 0.717) is 33.4 Å². The van der Waals surface area contributed by atoms with Gasteiger partial charge in [-0.25, -0.2) is 4.98 Å². The van der Waals surface area contributed by atoms with Gasteiger partial charge in [-0.1, -0.05) is 46.6 Å². The molecule has 0 spiro atoms. The standard InChI is InChI=1S/C15H13Cl3N6OS/c1-23-11(6-24-8-19-13(17)14(24)18)21-22-15(23)26-7-12(25)20-10-4-2-9(16)3-5-10/h2-5,8H,6-7H2,1H3,(H,20,25). The molecule has 0 saturated heterocycles. The molecule has 3 aromatic rings. The van der Waals surface area contributed by atoms with Gasteiger partial charge in [0, 0.05) is 17.8 Å². The van der Waals surface area contributed by atoms with E-state index in [9.17, 15) is 4.79 Å². The summed E-state index contributed by atoms with van der Waals surface area (Å²) in [7, 11) is 1.82. The third-order valence-electron chi connectivity index (χ3n) is 3.43. The van der Waals surface area contributed by atoms with Crippen LogP contribution >= 0.6 is 46.6 Å². The maximum atomic E-state index is 12.1. The van der Waals surface area contributed by atoms with Gasteiger partial charge in [0.2, 0.25) is 5.91 Å². The third-order valence-corrected chi connectivity index (χ3v) is 5.47. The van der Waals surface area contributed by atoms with Crippen molar-refractivity contribution in [2.45, 2.75) is 11.7 Å². The predicted molar refractivity (Wildman–Crippen MR) is 103 cm³/mol. The number of carbonyl (C=O) groups excluding carboxylic acids is 1. The number of benzene rings is 1. The second-order valence-electron chi connectivity index (χ2n) is 5.26. The summed E-state index contributed by atoms with van der Waals surface area (Å²) in [6.45, 7) is 0.375. The summed E-state index contributed by atoms with van der Waals surface area (Å²) < 4.78 is 3.46. The van der Waals surface area contributed by atoms with Crippen molar-refractivity contribution >= 4 is 58.2 Å². The number of anilines is 1. The van der Waals surface area contributed by atoms with Crippen LogP contribution in [0.25, 0.3) is 0 Å². The Morgan fingerprint density at radius 1 is 1.19 bits per heavy atom. The van der Waals surface area contributed by atoms with E-state index < -0.39 is 0 Å². The number of nitrogens with one attached hydrogen (secondary N) is 1. The predicted octanol–water partition coefficient (Wildman–Crippen LogP) is 3.75. The first-order valence-corrected chi connectivity index (χ1v) is 9.48. The summed E-state index contributed by atoms with van der Waals surface area (Å²) in [5.41, 5.74) is 0.685. The quantitative estimate of drug-likeness (QED) is 0.601. The van der Waals surface area contributed by atoms with Gasteiger partial charge in [0.1, 0.15) is 5.15 Å². The Morgan fingerprint density at radius 2 is 1.92 bits per heavy atom. The van der Waals surface area contributed by atoms with E-state index in [2.05, 4.69) is 20.5 Å².